The van der Waals surface area contributed by atoms with E-state index in [0.717, 1.165) is 19.4 Å². The number of ether oxygens (including phenoxy) is 2. The minimum Gasteiger partial charge on any atom is -0.491 e. The van der Waals surface area contributed by atoms with Gasteiger partial charge in [-0.1, -0.05) is 6.07 Å². The molecule has 1 aromatic carbocycles. The van der Waals surface area contributed by atoms with Crippen LogP contribution in [0.25, 0.3) is 0 Å². The van der Waals surface area contributed by atoms with E-state index in [1.54, 1.807) is 31.6 Å². The molecule has 6 heteroatoms. The summed E-state index contributed by atoms with van der Waals surface area (Å²) in [5.74, 6) is 1.36. The first-order valence-corrected chi connectivity index (χ1v) is 8.09. The van der Waals surface area contributed by atoms with Crippen LogP contribution in [0.4, 0.5) is 0 Å². The van der Waals surface area contributed by atoms with Gasteiger partial charge in [-0.3, -0.25) is 4.79 Å². The maximum atomic E-state index is 12.9. The zero-order chi connectivity index (χ0) is 16.8. The topological polar surface area (TPSA) is 64.6 Å². The third kappa shape index (κ3) is 3.71. The number of amides is 1. The highest BCUT2D eigenvalue weighted by Gasteiger charge is 2.32. The summed E-state index contributed by atoms with van der Waals surface area (Å²) in [6.45, 7) is 1.69. The lowest BCUT2D eigenvalue weighted by atomic mass is 10.1. The summed E-state index contributed by atoms with van der Waals surface area (Å²) < 4.78 is 10.6. The van der Waals surface area contributed by atoms with Crippen molar-refractivity contribution in [3.63, 3.8) is 0 Å². The van der Waals surface area contributed by atoms with Crippen LogP contribution in [0.2, 0.25) is 0 Å². The maximum Gasteiger partial charge on any atom is 0.254 e. The molecule has 0 N–H and O–H groups in total. The highest BCUT2D eigenvalue weighted by atomic mass is 16.5. The molecular weight excluding hydrogens is 306 g/mol. The van der Waals surface area contributed by atoms with Crippen molar-refractivity contribution in [3.05, 3.63) is 54.1 Å². The van der Waals surface area contributed by atoms with Crippen LogP contribution < -0.4 is 4.74 Å². The van der Waals surface area contributed by atoms with Gasteiger partial charge in [0.15, 0.2) is 5.82 Å². The molecule has 1 saturated heterocycles. The Hall–Kier alpha value is -2.47. The van der Waals surface area contributed by atoms with Crippen LogP contribution in [0.1, 0.15) is 35.1 Å². The fourth-order valence-electron chi connectivity index (χ4n) is 2.89. The molecule has 1 aromatic heterocycles. The van der Waals surface area contributed by atoms with E-state index < -0.39 is 0 Å². The molecule has 0 spiro atoms. The molecule has 0 saturated carbocycles. The number of likely N-dealkylation sites (tertiary alicyclic amines) is 1. The molecule has 2 aromatic rings. The van der Waals surface area contributed by atoms with E-state index in [-0.39, 0.29) is 11.9 Å². The summed E-state index contributed by atoms with van der Waals surface area (Å²) in [5.41, 5.74) is 0.618. The molecule has 2 heterocycles. The average Bonchev–Trinajstić information content (AvgIpc) is 3.12. The number of aromatic nitrogens is 2. The smallest absolute Gasteiger partial charge is 0.254 e. The van der Waals surface area contributed by atoms with Crippen molar-refractivity contribution < 1.29 is 14.3 Å². The molecule has 126 valence electrons. The molecule has 1 aliphatic rings. The quantitative estimate of drug-likeness (QED) is 0.763. The predicted molar refractivity (Wildman–Crippen MR) is 88.9 cm³/mol. The van der Waals surface area contributed by atoms with Crippen LogP contribution in [-0.2, 0) is 4.74 Å². The molecule has 1 aliphatic heterocycles. The number of hydrogen-bond acceptors (Lipinski definition) is 5. The number of carbonyl (C=O) groups is 1. The Balaban J connectivity index is 1.74. The first kappa shape index (κ1) is 16.4. The second kappa shape index (κ2) is 7.88. The normalized spacial score (nSPS) is 17.0. The van der Waals surface area contributed by atoms with Crippen molar-refractivity contribution in [2.24, 2.45) is 0 Å². The summed E-state index contributed by atoms with van der Waals surface area (Å²) in [7, 11) is 1.63. The Kier molecular flexibility index (Phi) is 5.38. The lowest BCUT2D eigenvalue weighted by molar-refractivity contribution is 0.0729. The molecule has 6 nitrogen and oxygen atoms in total. The van der Waals surface area contributed by atoms with E-state index in [2.05, 4.69) is 9.97 Å². The molecule has 1 unspecified atom stereocenters. The van der Waals surface area contributed by atoms with Crippen LogP contribution in [0.3, 0.4) is 0 Å². The lowest BCUT2D eigenvalue weighted by Gasteiger charge is -2.23. The second-order valence-corrected chi connectivity index (χ2v) is 5.63. The Morgan fingerprint density at radius 3 is 2.88 bits per heavy atom. The molecule has 0 radical (unpaired) electrons. The van der Waals surface area contributed by atoms with Gasteiger partial charge in [-0.2, -0.15) is 0 Å². The Bertz CT molecular complexity index is 678. The molecule has 0 bridgehead atoms. The summed E-state index contributed by atoms with van der Waals surface area (Å²) >= 11 is 0. The van der Waals surface area contributed by atoms with Gasteiger partial charge in [0, 0.05) is 31.6 Å². The van der Waals surface area contributed by atoms with Crippen molar-refractivity contribution in [1.82, 2.24) is 14.9 Å². The highest BCUT2D eigenvalue weighted by molar-refractivity contribution is 5.95. The second-order valence-electron chi connectivity index (χ2n) is 5.63. The summed E-state index contributed by atoms with van der Waals surface area (Å²) in [4.78, 5) is 23.4. The van der Waals surface area contributed by atoms with Gasteiger partial charge >= 0.3 is 0 Å². The van der Waals surface area contributed by atoms with Crippen LogP contribution in [0.5, 0.6) is 5.75 Å². The van der Waals surface area contributed by atoms with Gasteiger partial charge in [-0.15, -0.1) is 0 Å². The van der Waals surface area contributed by atoms with Crippen molar-refractivity contribution in [2.45, 2.75) is 18.9 Å². The van der Waals surface area contributed by atoms with Crippen molar-refractivity contribution in [1.29, 1.82) is 0 Å². The predicted octanol–water partition coefficient (Wildman–Crippen LogP) is 2.48. The zero-order valence-electron chi connectivity index (χ0n) is 13.7. The lowest BCUT2D eigenvalue weighted by Crippen LogP contribution is -2.31. The van der Waals surface area contributed by atoms with Crippen LogP contribution in [-0.4, -0.2) is 47.6 Å². The van der Waals surface area contributed by atoms with E-state index in [4.69, 9.17) is 9.47 Å². The number of rotatable bonds is 6. The van der Waals surface area contributed by atoms with E-state index in [9.17, 15) is 4.79 Å². The Morgan fingerprint density at radius 1 is 1.25 bits per heavy atom. The van der Waals surface area contributed by atoms with Crippen molar-refractivity contribution in [3.8, 4) is 5.75 Å². The molecule has 1 amide bonds. The Morgan fingerprint density at radius 2 is 2.08 bits per heavy atom. The minimum atomic E-state index is -0.0586. The third-order valence-electron chi connectivity index (χ3n) is 4.03. The molecule has 24 heavy (non-hydrogen) atoms. The van der Waals surface area contributed by atoms with Crippen LogP contribution in [0.15, 0.2) is 42.7 Å². The van der Waals surface area contributed by atoms with Crippen molar-refractivity contribution >= 4 is 5.91 Å². The highest BCUT2D eigenvalue weighted by Crippen LogP contribution is 2.31. The summed E-state index contributed by atoms with van der Waals surface area (Å²) in [6, 6.07) is 8.99. The van der Waals surface area contributed by atoms with Gasteiger partial charge in [0.25, 0.3) is 5.91 Å². The van der Waals surface area contributed by atoms with Gasteiger partial charge in [-0.05, 0) is 37.1 Å². The molecule has 1 atom stereocenters. The van der Waals surface area contributed by atoms with Gasteiger partial charge in [0.05, 0.1) is 12.6 Å². The van der Waals surface area contributed by atoms with Gasteiger partial charge < -0.3 is 14.4 Å². The summed E-state index contributed by atoms with van der Waals surface area (Å²) in [5, 5.41) is 0. The van der Waals surface area contributed by atoms with Gasteiger partial charge in [0.1, 0.15) is 12.4 Å². The van der Waals surface area contributed by atoms with Crippen LogP contribution in [0, 0.1) is 0 Å². The van der Waals surface area contributed by atoms with E-state index in [0.29, 0.717) is 30.4 Å². The first-order valence-electron chi connectivity index (χ1n) is 8.09. The number of hydrogen-bond donors (Lipinski definition) is 0. The number of nitrogens with zero attached hydrogens (tertiary/aromatic N) is 3. The zero-order valence-corrected chi connectivity index (χ0v) is 13.7. The maximum absolute atomic E-state index is 12.9. The van der Waals surface area contributed by atoms with E-state index in [1.165, 1.54) is 0 Å². The molecule has 3 rings (SSSR count). The molecular formula is C18H21N3O3. The fourth-order valence-corrected chi connectivity index (χ4v) is 2.89. The summed E-state index contributed by atoms with van der Waals surface area (Å²) in [6.07, 6.45) is 5.28. The van der Waals surface area contributed by atoms with Crippen molar-refractivity contribution in [2.75, 3.05) is 26.9 Å². The number of methoxy groups -OCH3 is 1. The molecule has 1 fully saturated rings. The standard InChI is InChI=1S/C18H21N3O3/c1-23-11-12-24-15-6-2-5-14(13-15)18(22)21-10-3-7-16(21)17-19-8-4-9-20-17/h2,4-6,8-9,13,16H,3,7,10-12H2,1H3. The minimum absolute atomic E-state index is 0.0119. The average molecular weight is 327 g/mol. The van der Waals surface area contributed by atoms with Crippen LogP contribution >= 0.6 is 0 Å². The van der Waals surface area contributed by atoms with E-state index >= 15 is 0 Å². The third-order valence-corrected chi connectivity index (χ3v) is 4.03. The van der Waals surface area contributed by atoms with Gasteiger partial charge in [-0.25, -0.2) is 9.97 Å². The largest absolute Gasteiger partial charge is 0.491 e. The molecule has 0 aliphatic carbocycles. The van der Waals surface area contributed by atoms with Gasteiger partial charge in [0.2, 0.25) is 0 Å². The fraction of sp³-hybridized carbons (Fsp3) is 0.389. The first-order chi connectivity index (χ1) is 11.8. The van der Waals surface area contributed by atoms with E-state index in [1.807, 2.05) is 23.1 Å². The number of benzene rings is 1. The monoisotopic (exact) mass is 327 g/mol. The SMILES string of the molecule is COCCOc1cccc(C(=O)N2CCCC2c2ncccn2)c1. The number of carbonyl (C=O) groups excluding carboxylic acids is 1. The Labute approximate surface area is 141 Å².